The van der Waals surface area contributed by atoms with Crippen LogP contribution in [0.2, 0.25) is 0 Å². The van der Waals surface area contributed by atoms with Crippen molar-refractivity contribution in [1.29, 1.82) is 0 Å². The molecular formula is C20H26N6O2. The van der Waals surface area contributed by atoms with E-state index in [2.05, 4.69) is 29.0 Å². The fraction of sp³-hybridized carbons (Fsp3) is 0.550. The molecule has 2 aliphatic heterocycles. The molecule has 4 rings (SSSR count). The number of rotatable bonds is 3. The van der Waals surface area contributed by atoms with Crippen LogP contribution in [0.3, 0.4) is 0 Å². The molecule has 148 valence electrons. The Labute approximate surface area is 164 Å². The lowest BCUT2D eigenvalue weighted by atomic mass is 10.1. The molecule has 2 aromatic heterocycles. The first-order valence-corrected chi connectivity index (χ1v) is 9.90. The van der Waals surface area contributed by atoms with Gasteiger partial charge >= 0.3 is 0 Å². The molecule has 2 aromatic rings. The molecule has 1 unspecified atom stereocenters. The van der Waals surface area contributed by atoms with Crippen LogP contribution in [-0.2, 0) is 17.8 Å². The maximum absolute atomic E-state index is 13.0. The van der Waals surface area contributed by atoms with Crippen molar-refractivity contribution >= 4 is 11.8 Å². The molecule has 8 nitrogen and oxygen atoms in total. The molecule has 2 aliphatic rings. The van der Waals surface area contributed by atoms with Crippen LogP contribution in [0.25, 0.3) is 0 Å². The van der Waals surface area contributed by atoms with E-state index in [4.69, 9.17) is 4.98 Å². The van der Waals surface area contributed by atoms with E-state index in [1.807, 2.05) is 17.2 Å². The van der Waals surface area contributed by atoms with Gasteiger partial charge in [-0.1, -0.05) is 13.8 Å². The van der Waals surface area contributed by atoms with Gasteiger partial charge in [0.25, 0.3) is 5.91 Å². The Hall–Kier alpha value is -2.77. The van der Waals surface area contributed by atoms with E-state index < -0.39 is 0 Å². The average molecular weight is 382 g/mol. The normalized spacial score (nSPS) is 19.2. The number of carbonyl (C=O) groups is 2. The number of amides is 2. The summed E-state index contributed by atoms with van der Waals surface area (Å²) in [6, 6.07) is 1.72. The first-order chi connectivity index (χ1) is 13.4. The molecule has 1 saturated heterocycles. The predicted octanol–water partition coefficient (Wildman–Crippen LogP) is 2.20. The van der Waals surface area contributed by atoms with Crippen LogP contribution < -0.4 is 0 Å². The van der Waals surface area contributed by atoms with Gasteiger partial charge < -0.3 is 9.80 Å². The number of H-pyrrole nitrogens is 1. The smallest absolute Gasteiger partial charge is 0.274 e. The molecule has 0 aliphatic carbocycles. The maximum atomic E-state index is 13.0. The quantitative estimate of drug-likeness (QED) is 0.878. The highest BCUT2D eigenvalue weighted by Gasteiger charge is 2.34. The van der Waals surface area contributed by atoms with Gasteiger partial charge in [-0.15, -0.1) is 0 Å². The van der Waals surface area contributed by atoms with E-state index in [0.29, 0.717) is 37.1 Å². The molecule has 4 heterocycles. The van der Waals surface area contributed by atoms with E-state index in [9.17, 15) is 9.59 Å². The molecule has 0 saturated carbocycles. The SMILES string of the molecule is CC(=O)N1CCc2nc(C3CCCN3C(=O)c3cc(C(C)C)[nH]n3)ncc2C1. The summed E-state index contributed by atoms with van der Waals surface area (Å²) in [5.41, 5.74) is 3.39. The number of likely N-dealkylation sites (tertiary alicyclic amines) is 1. The fourth-order valence-electron chi connectivity index (χ4n) is 3.93. The van der Waals surface area contributed by atoms with Gasteiger partial charge in [-0.05, 0) is 24.8 Å². The Balaban J connectivity index is 1.55. The van der Waals surface area contributed by atoms with Crippen molar-refractivity contribution in [3.8, 4) is 0 Å². The van der Waals surface area contributed by atoms with Crippen LogP contribution >= 0.6 is 0 Å². The molecule has 0 aromatic carbocycles. The van der Waals surface area contributed by atoms with Gasteiger partial charge in [-0.25, -0.2) is 9.97 Å². The first kappa shape index (κ1) is 18.6. The van der Waals surface area contributed by atoms with E-state index in [1.165, 1.54) is 0 Å². The van der Waals surface area contributed by atoms with Crippen molar-refractivity contribution in [3.63, 3.8) is 0 Å². The standard InChI is InChI=1S/C20H26N6O2/c1-12(2)16-9-17(24-23-16)20(28)26-7-4-5-18(26)19-21-10-14-11-25(13(3)27)8-6-15(14)22-19/h9-10,12,18H,4-8,11H2,1-3H3,(H,23,24). The summed E-state index contributed by atoms with van der Waals surface area (Å²) in [4.78, 5) is 37.6. The minimum absolute atomic E-state index is 0.0714. The number of fused-ring (bicyclic) bond motifs is 1. The van der Waals surface area contributed by atoms with E-state index in [0.717, 1.165) is 36.2 Å². The molecule has 1 fully saturated rings. The Morgan fingerprint density at radius 2 is 2.11 bits per heavy atom. The third kappa shape index (κ3) is 3.39. The van der Waals surface area contributed by atoms with Crippen molar-refractivity contribution in [2.45, 2.75) is 58.5 Å². The Kier molecular flexibility index (Phi) is 4.87. The number of nitrogens with zero attached hydrogens (tertiary/aromatic N) is 5. The summed E-state index contributed by atoms with van der Waals surface area (Å²) in [5, 5.41) is 7.17. The molecule has 2 amide bonds. The van der Waals surface area contributed by atoms with Gasteiger partial charge in [0.2, 0.25) is 5.91 Å². The molecule has 1 atom stereocenters. The van der Waals surface area contributed by atoms with E-state index >= 15 is 0 Å². The maximum Gasteiger partial charge on any atom is 0.274 e. The first-order valence-electron chi connectivity index (χ1n) is 9.90. The zero-order valence-electron chi connectivity index (χ0n) is 16.6. The third-order valence-electron chi connectivity index (χ3n) is 5.65. The zero-order chi connectivity index (χ0) is 19.8. The minimum atomic E-state index is -0.122. The predicted molar refractivity (Wildman–Crippen MR) is 103 cm³/mol. The van der Waals surface area contributed by atoms with Crippen LogP contribution in [0, 0.1) is 0 Å². The van der Waals surface area contributed by atoms with Gasteiger partial charge in [0.15, 0.2) is 5.82 Å². The van der Waals surface area contributed by atoms with Crippen LogP contribution in [-0.4, -0.2) is 54.9 Å². The number of hydrogen-bond donors (Lipinski definition) is 1. The van der Waals surface area contributed by atoms with Crippen LogP contribution in [0.5, 0.6) is 0 Å². The molecular weight excluding hydrogens is 356 g/mol. The van der Waals surface area contributed by atoms with Crippen molar-refractivity contribution in [1.82, 2.24) is 30.0 Å². The van der Waals surface area contributed by atoms with Gasteiger partial charge in [0.1, 0.15) is 5.69 Å². The largest absolute Gasteiger partial charge is 0.338 e. The molecule has 8 heteroatoms. The summed E-state index contributed by atoms with van der Waals surface area (Å²) < 4.78 is 0. The summed E-state index contributed by atoms with van der Waals surface area (Å²) >= 11 is 0. The lowest BCUT2D eigenvalue weighted by Crippen LogP contribution is -2.36. The second-order valence-corrected chi connectivity index (χ2v) is 7.91. The van der Waals surface area contributed by atoms with Crippen molar-refractivity contribution in [3.05, 3.63) is 40.7 Å². The monoisotopic (exact) mass is 382 g/mol. The average Bonchev–Trinajstić information content (AvgIpc) is 3.36. The van der Waals surface area contributed by atoms with Crippen molar-refractivity contribution in [2.24, 2.45) is 0 Å². The Morgan fingerprint density at radius 1 is 1.29 bits per heavy atom. The van der Waals surface area contributed by atoms with Crippen molar-refractivity contribution < 1.29 is 9.59 Å². The molecule has 0 bridgehead atoms. The van der Waals surface area contributed by atoms with Crippen LogP contribution in [0.1, 0.15) is 78.8 Å². The second-order valence-electron chi connectivity index (χ2n) is 7.91. The van der Waals surface area contributed by atoms with Gasteiger partial charge in [-0.2, -0.15) is 5.10 Å². The molecule has 0 spiro atoms. The van der Waals surface area contributed by atoms with Crippen LogP contribution in [0.15, 0.2) is 12.3 Å². The van der Waals surface area contributed by atoms with Crippen LogP contribution in [0.4, 0.5) is 0 Å². The van der Waals surface area contributed by atoms with E-state index in [1.54, 1.807) is 11.8 Å². The second kappa shape index (κ2) is 7.33. The Morgan fingerprint density at radius 3 is 2.82 bits per heavy atom. The van der Waals surface area contributed by atoms with Gasteiger partial charge in [0.05, 0.1) is 11.7 Å². The number of nitrogens with one attached hydrogen (secondary N) is 1. The van der Waals surface area contributed by atoms with Crippen molar-refractivity contribution in [2.75, 3.05) is 13.1 Å². The molecule has 0 radical (unpaired) electrons. The van der Waals surface area contributed by atoms with Gasteiger partial charge in [-0.3, -0.25) is 14.7 Å². The lowest BCUT2D eigenvalue weighted by molar-refractivity contribution is -0.129. The topological polar surface area (TPSA) is 95.1 Å². The highest BCUT2D eigenvalue weighted by molar-refractivity contribution is 5.92. The summed E-state index contributed by atoms with van der Waals surface area (Å²) in [6.45, 7) is 7.64. The molecule has 1 N–H and O–H groups in total. The summed E-state index contributed by atoms with van der Waals surface area (Å²) in [6.07, 6.45) is 4.32. The number of hydrogen-bond acceptors (Lipinski definition) is 5. The lowest BCUT2D eigenvalue weighted by Gasteiger charge is -2.28. The third-order valence-corrected chi connectivity index (χ3v) is 5.65. The Bertz CT molecular complexity index is 906. The number of carbonyl (C=O) groups excluding carboxylic acids is 2. The highest BCUT2D eigenvalue weighted by atomic mass is 16.2. The highest BCUT2D eigenvalue weighted by Crippen LogP contribution is 2.32. The number of aromatic nitrogens is 4. The summed E-state index contributed by atoms with van der Waals surface area (Å²) in [7, 11) is 0. The van der Waals surface area contributed by atoms with E-state index in [-0.39, 0.29) is 17.9 Å². The molecule has 28 heavy (non-hydrogen) atoms. The number of aromatic amines is 1. The minimum Gasteiger partial charge on any atom is -0.338 e. The van der Waals surface area contributed by atoms with Gasteiger partial charge in [0, 0.05) is 50.4 Å². The zero-order valence-corrected chi connectivity index (χ0v) is 16.6. The summed E-state index contributed by atoms with van der Waals surface area (Å²) in [5.74, 6) is 0.985. The fourth-order valence-corrected chi connectivity index (χ4v) is 3.93.